The van der Waals surface area contributed by atoms with Crippen LogP contribution in [0.15, 0.2) is 18.2 Å². The van der Waals surface area contributed by atoms with E-state index in [2.05, 4.69) is 5.32 Å². The van der Waals surface area contributed by atoms with Crippen molar-refractivity contribution in [3.63, 3.8) is 0 Å². The molecule has 0 aliphatic heterocycles. The van der Waals surface area contributed by atoms with Crippen LogP contribution in [0.5, 0.6) is 0 Å². The van der Waals surface area contributed by atoms with Crippen LogP contribution >= 0.6 is 0 Å². The lowest BCUT2D eigenvalue weighted by atomic mass is 10.1. The summed E-state index contributed by atoms with van der Waals surface area (Å²) in [5.41, 5.74) is 0.341. The van der Waals surface area contributed by atoms with E-state index in [-0.39, 0.29) is 23.9 Å². The van der Waals surface area contributed by atoms with E-state index in [4.69, 9.17) is 10.00 Å². The molecule has 1 aromatic carbocycles. The Morgan fingerprint density at radius 1 is 1.60 bits per heavy atom. The molecule has 1 atom stereocenters. The van der Waals surface area contributed by atoms with E-state index < -0.39 is 10.9 Å². The predicted octanol–water partition coefficient (Wildman–Crippen LogP) is 2.22. The van der Waals surface area contributed by atoms with Crippen LogP contribution in [-0.2, 0) is 9.53 Å². The molecule has 0 amide bonds. The molecule has 0 saturated carbocycles. The smallest absolute Gasteiger partial charge is 0.302 e. The van der Waals surface area contributed by atoms with Gasteiger partial charge in [0.2, 0.25) is 0 Å². The van der Waals surface area contributed by atoms with Crippen molar-refractivity contribution in [1.82, 2.24) is 0 Å². The lowest BCUT2D eigenvalue weighted by Gasteiger charge is -2.17. The molecule has 0 aliphatic rings. The van der Waals surface area contributed by atoms with Gasteiger partial charge in [-0.2, -0.15) is 5.26 Å². The first kappa shape index (κ1) is 15.4. The molecule has 1 N–H and O–H groups in total. The van der Waals surface area contributed by atoms with E-state index in [1.807, 2.05) is 13.0 Å². The zero-order valence-corrected chi connectivity index (χ0v) is 11.3. The molecule has 106 valence electrons. The summed E-state index contributed by atoms with van der Waals surface area (Å²) in [4.78, 5) is 21.2. The number of nitrogens with one attached hydrogen (secondary N) is 1. The number of carbonyl (C=O) groups is 1. The number of esters is 1. The van der Waals surface area contributed by atoms with Gasteiger partial charge in [0.15, 0.2) is 0 Å². The normalized spacial score (nSPS) is 11.2. The Hall–Kier alpha value is -2.62. The summed E-state index contributed by atoms with van der Waals surface area (Å²) in [6.07, 6.45) is 0.629. The van der Waals surface area contributed by atoms with Gasteiger partial charge in [-0.05, 0) is 18.6 Å². The number of nitrogens with zero attached hydrogens (tertiary/aromatic N) is 2. The SMILES string of the molecule is CC[C@H](COC(C)=O)Nc1ccc(C#N)cc1[N+](=O)[O-]. The van der Waals surface area contributed by atoms with Gasteiger partial charge < -0.3 is 10.1 Å². The van der Waals surface area contributed by atoms with E-state index in [9.17, 15) is 14.9 Å². The van der Waals surface area contributed by atoms with Crippen molar-refractivity contribution >= 4 is 17.3 Å². The average molecular weight is 277 g/mol. The van der Waals surface area contributed by atoms with Gasteiger partial charge in [0.05, 0.1) is 22.6 Å². The molecule has 20 heavy (non-hydrogen) atoms. The van der Waals surface area contributed by atoms with Crippen LogP contribution in [0.25, 0.3) is 0 Å². The Balaban J connectivity index is 2.92. The number of nitriles is 1. The van der Waals surface area contributed by atoms with Crippen LogP contribution in [0.2, 0.25) is 0 Å². The molecule has 0 radical (unpaired) electrons. The summed E-state index contributed by atoms with van der Waals surface area (Å²) in [5.74, 6) is -0.403. The summed E-state index contributed by atoms with van der Waals surface area (Å²) in [5, 5.41) is 22.7. The first-order valence-corrected chi connectivity index (χ1v) is 6.06. The Kier molecular flexibility index (Phi) is 5.47. The lowest BCUT2D eigenvalue weighted by molar-refractivity contribution is -0.384. The maximum absolute atomic E-state index is 11.0. The molecule has 0 unspecified atom stereocenters. The second kappa shape index (κ2) is 7.09. The minimum atomic E-state index is -0.554. The number of anilines is 1. The molecule has 0 spiro atoms. The van der Waals surface area contributed by atoms with Crippen molar-refractivity contribution in [2.24, 2.45) is 0 Å². The predicted molar refractivity (Wildman–Crippen MR) is 72.1 cm³/mol. The van der Waals surface area contributed by atoms with Crippen LogP contribution in [0, 0.1) is 21.4 Å². The van der Waals surface area contributed by atoms with E-state index in [1.54, 1.807) is 0 Å². The molecule has 7 nitrogen and oxygen atoms in total. The largest absolute Gasteiger partial charge is 0.464 e. The fourth-order valence-electron chi connectivity index (χ4n) is 1.57. The molecular weight excluding hydrogens is 262 g/mol. The minimum Gasteiger partial charge on any atom is -0.464 e. The van der Waals surface area contributed by atoms with Crippen molar-refractivity contribution in [1.29, 1.82) is 5.26 Å². The monoisotopic (exact) mass is 277 g/mol. The van der Waals surface area contributed by atoms with Crippen LogP contribution < -0.4 is 5.32 Å². The molecule has 0 aromatic heterocycles. The van der Waals surface area contributed by atoms with Gasteiger partial charge >= 0.3 is 5.97 Å². The highest BCUT2D eigenvalue weighted by Gasteiger charge is 2.18. The molecule has 0 aliphatic carbocycles. The molecule has 1 aromatic rings. The summed E-state index contributed by atoms with van der Waals surface area (Å²) >= 11 is 0. The third-order valence-corrected chi connectivity index (χ3v) is 2.66. The average Bonchev–Trinajstić information content (AvgIpc) is 2.43. The Morgan fingerprint density at radius 3 is 2.80 bits per heavy atom. The Morgan fingerprint density at radius 2 is 2.30 bits per heavy atom. The number of rotatable bonds is 6. The van der Waals surface area contributed by atoms with Gasteiger partial charge in [0, 0.05) is 13.0 Å². The van der Waals surface area contributed by atoms with Crippen LogP contribution in [0.4, 0.5) is 11.4 Å². The van der Waals surface area contributed by atoms with E-state index >= 15 is 0 Å². The van der Waals surface area contributed by atoms with Crippen LogP contribution in [-0.4, -0.2) is 23.5 Å². The summed E-state index contributed by atoms with van der Waals surface area (Å²) in [6.45, 7) is 3.30. The number of hydrogen-bond acceptors (Lipinski definition) is 6. The molecule has 0 bridgehead atoms. The van der Waals surface area contributed by atoms with Crippen molar-refractivity contribution < 1.29 is 14.5 Å². The fraction of sp³-hybridized carbons (Fsp3) is 0.385. The van der Waals surface area contributed by atoms with Crippen molar-refractivity contribution in [3.8, 4) is 6.07 Å². The second-order valence-electron chi connectivity index (χ2n) is 4.15. The van der Waals surface area contributed by atoms with Gasteiger partial charge in [-0.15, -0.1) is 0 Å². The number of hydrogen-bond donors (Lipinski definition) is 1. The molecule has 0 heterocycles. The summed E-state index contributed by atoms with van der Waals surface area (Å²) in [6, 6.07) is 5.81. The first-order chi connectivity index (χ1) is 9.47. The van der Waals surface area contributed by atoms with Gasteiger partial charge in [0.25, 0.3) is 5.69 Å². The molecular formula is C13H15N3O4. The van der Waals surface area contributed by atoms with E-state index in [0.717, 1.165) is 0 Å². The van der Waals surface area contributed by atoms with Crippen LogP contribution in [0.3, 0.4) is 0 Å². The number of carbonyl (C=O) groups excluding carboxylic acids is 1. The first-order valence-electron chi connectivity index (χ1n) is 6.06. The quantitative estimate of drug-likeness (QED) is 0.485. The number of nitro benzene ring substituents is 1. The third kappa shape index (κ3) is 4.24. The molecule has 1 rings (SSSR count). The van der Waals surface area contributed by atoms with Crippen molar-refractivity contribution in [2.75, 3.05) is 11.9 Å². The summed E-state index contributed by atoms with van der Waals surface area (Å²) in [7, 11) is 0. The Labute approximate surface area is 116 Å². The van der Waals surface area contributed by atoms with Gasteiger partial charge in [-0.25, -0.2) is 0 Å². The maximum atomic E-state index is 11.0. The highest BCUT2D eigenvalue weighted by Crippen LogP contribution is 2.26. The molecule has 0 saturated heterocycles. The molecule has 0 fully saturated rings. The summed E-state index contributed by atoms with van der Waals surface area (Å²) < 4.78 is 4.89. The number of nitro groups is 1. The molecule has 7 heteroatoms. The zero-order chi connectivity index (χ0) is 15.1. The maximum Gasteiger partial charge on any atom is 0.302 e. The van der Waals surface area contributed by atoms with Gasteiger partial charge in [0.1, 0.15) is 12.3 Å². The highest BCUT2D eigenvalue weighted by atomic mass is 16.6. The minimum absolute atomic E-state index is 0.128. The van der Waals surface area contributed by atoms with Gasteiger partial charge in [-0.3, -0.25) is 14.9 Å². The van der Waals surface area contributed by atoms with Gasteiger partial charge in [-0.1, -0.05) is 6.92 Å². The second-order valence-corrected chi connectivity index (χ2v) is 4.15. The number of ether oxygens (including phenoxy) is 1. The number of benzene rings is 1. The Bertz CT molecular complexity index is 551. The van der Waals surface area contributed by atoms with Crippen molar-refractivity contribution in [2.45, 2.75) is 26.3 Å². The van der Waals surface area contributed by atoms with Crippen LogP contribution in [0.1, 0.15) is 25.8 Å². The topological polar surface area (TPSA) is 105 Å². The van der Waals surface area contributed by atoms with Crippen molar-refractivity contribution in [3.05, 3.63) is 33.9 Å². The zero-order valence-electron chi connectivity index (χ0n) is 11.3. The van der Waals surface area contributed by atoms with E-state index in [0.29, 0.717) is 12.1 Å². The van der Waals surface area contributed by atoms with E-state index in [1.165, 1.54) is 25.1 Å². The fourth-order valence-corrected chi connectivity index (χ4v) is 1.57. The highest BCUT2D eigenvalue weighted by molar-refractivity contribution is 5.66. The lowest BCUT2D eigenvalue weighted by Crippen LogP contribution is -2.26. The third-order valence-electron chi connectivity index (χ3n) is 2.66. The standard InChI is InChI=1S/C13H15N3O4/c1-3-11(8-20-9(2)17)15-12-5-4-10(7-14)6-13(12)16(18)19/h4-6,11,15H,3,8H2,1-2H3/t11-/m1/s1.